The highest BCUT2D eigenvalue weighted by atomic mass is 16.5. The van der Waals surface area contributed by atoms with Gasteiger partial charge in [0.25, 0.3) is 5.91 Å². The van der Waals surface area contributed by atoms with E-state index in [0.29, 0.717) is 28.6 Å². The molecule has 7 nitrogen and oxygen atoms in total. The van der Waals surface area contributed by atoms with Crippen LogP contribution >= 0.6 is 0 Å². The molecule has 4 bridgehead atoms. The number of hydrogen-bond acceptors (Lipinski definition) is 4. The van der Waals surface area contributed by atoms with Gasteiger partial charge < -0.3 is 20.0 Å². The Hall–Kier alpha value is -3.35. The van der Waals surface area contributed by atoms with Crippen molar-refractivity contribution < 1.29 is 14.3 Å². The molecule has 0 radical (unpaired) electrons. The lowest BCUT2D eigenvalue weighted by Crippen LogP contribution is -2.57. The highest BCUT2D eigenvalue weighted by molar-refractivity contribution is 5.95. The van der Waals surface area contributed by atoms with Crippen molar-refractivity contribution in [1.82, 2.24) is 9.97 Å². The molecule has 1 aromatic heterocycles. The van der Waals surface area contributed by atoms with Gasteiger partial charge in [0.15, 0.2) is 6.61 Å². The first kappa shape index (κ1) is 21.2. The Bertz CT molecular complexity index is 1320. The van der Waals surface area contributed by atoms with Gasteiger partial charge in [0.1, 0.15) is 0 Å². The van der Waals surface area contributed by atoms with Crippen LogP contribution in [0.2, 0.25) is 0 Å². The molecular weight excluding hydrogens is 430 g/mol. The molecule has 2 atom stereocenters. The molecule has 4 aliphatic rings. The van der Waals surface area contributed by atoms with Gasteiger partial charge in [0.05, 0.1) is 16.4 Å². The molecule has 34 heavy (non-hydrogen) atoms. The van der Waals surface area contributed by atoms with Crippen LogP contribution < -0.4 is 11.0 Å². The molecule has 0 saturated heterocycles. The normalized spacial score (nSPS) is 29.3. The van der Waals surface area contributed by atoms with Gasteiger partial charge in [-0.25, -0.2) is 4.79 Å². The molecule has 176 valence electrons. The highest BCUT2D eigenvalue weighted by Crippen LogP contribution is 2.66. The number of aryl methyl sites for hydroxylation is 1. The van der Waals surface area contributed by atoms with Crippen LogP contribution in [-0.4, -0.2) is 28.5 Å². The summed E-state index contributed by atoms with van der Waals surface area (Å²) in [5.74, 6) is 0.473. The summed E-state index contributed by atoms with van der Waals surface area (Å²) in [6.07, 6.45) is 6.04. The van der Waals surface area contributed by atoms with E-state index in [1.165, 1.54) is 17.5 Å². The second-order valence-corrected chi connectivity index (χ2v) is 10.9. The SMILES string of the molecule is Cc1ccc(C23C[C@H]4C[C@@H](CC(C(=O)OCC(=O)Nc5ccc6[nH]c(=O)[nH]c6c5)(C4)C2)C3)cc1. The number of H-pyrrole nitrogens is 2. The average Bonchev–Trinajstić information content (AvgIpc) is 3.16. The summed E-state index contributed by atoms with van der Waals surface area (Å²) in [7, 11) is 0. The molecular formula is C27H29N3O4. The maximum Gasteiger partial charge on any atom is 0.323 e. The van der Waals surface area contributed by atoms with Crippen LogP contribution in [0.25, 0.3) is 11.0 Å². The van der Waals surface area contributed by atoms with Crippen LogP contribution in [0, 0.1) is 24.2 Å². The maximum atomic E-state index is 13.4. The molecule has 3 N–H and O–H groups in total. The Labute approximate surface area is 197 Å². The number of rotatable bonds is 5. The molecule has 4 aliphatic carbocycles. The minimum atomic E-state index is -0.487. The second kappa shape index (κ2) is 7.58. The standard InChI is InChI=1S/C27H29N3O4/c1-16-2-4-19(5-3-16)26-10-17-8-18(11-26)13-27(12-17,15-26)24(32)34-14-23(31)28-20-6-7-21-22(9-20)30-25(33)29-21/h2-7,9,17-18H,8,10-15H2,1H3,(H,28,31)(H2,29,30,33)/t17-,18-,26?,27?/m1/s1. The molecule has 7 rings (SSSR count). The molecule has 0 unspecified atom stereocenters. The number of benzene rings is 2. The number of aromatic amines is 2. The highest BCUT2D eigenvalue weighted by Gasteiger charge is 2.61. The number of nitrogens with one attached hydrogen (secondary N) is 3. The topological polar surface area (TPSA) is 104 Å². The summed E-state index contributed by atoms with van der Waals surface area (Å²) in [5.41, 5.74) is 3.66. The third-order valence-corrected chi connectivity index (χ3v) is 8.29. The van der Waals surface area contributed by atoms with E-state index >= 15 is 0 Å². The van der Waals surface area contributed by atoms with E-state index in [-0.39, 0.29) is 29.6 Å². The van der Waals surface area contributed by atoms with Gasteiger partial charge in [-0.3, -0.25) is 9.59 Å². The maximum absolute atomic E-state index is 13.4. The number of imidazole rings is 1. The van der Waals surface area contributed by atoms with Gasteiger partial charge in [-0.1, -0.05) is 29.8 Å². The van der Waals surface area contributed by atoms with Crippen LogP contribution in [0.5, 0.6) is 0 Å². The Balaban J connectivity index is 1.15. The average molecular weight is 460 g/mol. The van der Waals surface area contributed by atoms with Crippen LogP contribution in [0.1, 0.15) is 49.7 Å². The summed E-state index contributed by atoms with van der Waals surface area (Å²) in [5, 5.41) is 2.76. The number of ether oxygens (including phenoxy) is 1. The predicted molar refractivity (Wildman–Crippen MR) is 128 cm³/mol. The lowest BCUT2D eigenvalue weighted by molar-refractivity contribution is -0.175. The van der Waals surface area contributed by atoms with E-state index in [0.717, 1.165) is 32.1 Å². The van der Waals surface area contributed by atoms with Gasteiger partial charge in [-0.05, 0) is 86.5 Å². The molecule has 7 heteroatoms. The Morgan fingerprint density at radius 1 is 1.00 bits per heavy atom. The quantitative estimate of drug-likeness (QED) is 0.498. The number of carbonyl (C=O) groups is 2. The lowest BCUT2D eigenvalue weighted by atomic mass is 9.43. The zero-order valence-electron chi connectivity index (χ0n) is 19.3. The summed E-state index contributed by atoms with van der Waals surface area (Å²) < 4.78 is 5.64. The van der Waals surface area contributed by atoms with Gasteiger partial charge in [0.2, 0.25) is 0 Å². The number of aromatic nitrogens is 2. The van der Waals surface area contributed by atoms with Crippen molar-refractivity contribution in [3.63, 3.8) is 0 Å². The first-order chi connectivity index (χ1) is 16.3. The number of carbonyl (C=O) groups excluding carboxylic acids is 2. The number of anilines is 1. The number of amides is 1. The first-order valence-electron chi connectivity index (χ1n) is 12.1. The fourth-order valence-electron chi connectivity index (χ4n) is 7.34. The zero-order chi connectivity index (χ0) is 23.5. The lowest BCUT2D eigenvalue weighted by Gasteiger charge is -2.61. The van der Waals surface area contributed by atoms with Crippen LogP contribution in [0.3, 0.4) is 0 Å². The molecule has 2 aromatic carbocycles. The van der Waals surface area contributed by atoms with Crippen LogP contribution in [0.15, 0.2) is 47.3 Å². The van der Waals surface area contributed by atoms with E-state index in [2.05, 4.69) is 46.5 Å². The van der Waals surface area contributed by atoms with Crippen molar-refractivity contribution in [2.24, 2.45) is 17.3 Å². The van der Waals surface area contributed by atoms with E-state index in [1.54, 1.807) is 18.2 Å². The minimum Gasteiger partial charge on any atom is -0.455 e. The first-order valence-corrected chi connectivity index (χ1v) is 12.1. The number of fused-ring (bicyclic) bond motifs is 1. The zero-order valence-corrected chi connectivity index (χ0v) is 19.3. The monoisotopic (exact) mass is 459 g/mol. The summed E-state index contributed by atoms with van der Waals surface area (Å²) in [4.78, 5) is 42.7. The molecule has 4 fully saturated rings. The van der Waals surface area contributed by atoms with Crippen molar-refractivity contribution in [3.05, 3.63) is 64.1 Å². The van der Waals surface area contributed by atoms with E-state index in [9.17, 15) is 14.4 Å². The number of esters is 1. The van der Waals surface area contributed by atoms with E-state index in [1.807, 2.05) is 0 Å². The van der Waals surface area contributed by atoms with Gasteiger partial charge >= 0.3 is 11.7 Å². The third-order valence-electron chi connectivity index (χ3n) is 8.29. The van der Waals surface area contributed by atoms with Gasteiger partial charge in [-0.15, -0.1) is 0 Å². The van der Waals surface area contributed by atoms with E-state index < -0.39 is 5.41 Å². The molecule has 4 saturated carbocycles. The molecule has 0 aliphatic heterocycles. The smallest absolute Gasteiger partial charge is 0.323 e. The predicted octanol–water partition coefficient (Wildman–Crippen LogP) is 4.18. The summed E-state index contributed by atoms with van der Waals surface area (Å²) in [6, 6.07) is 13.9. The molecule has 3 aromatic rings. The Morgan fingerprint density at radius 3 is 2.44 bits per heavy atom. The molecule has 1 amide bonds. The fourth-order valence-corrected chi connectivity index (χ4v) is 7.34. The van der Waals surface area contributed by atoms with Crippen molar-refractivity contribution >= 4 is 28.6 Å². The van der Waals surface area contributed by atoms with Gasteiger partial charge in [-0.2, -0.15) is 0 Å². The van der Waals surface area contributed by atoms with E-state index in [4.69, 9.17) is 4.74 Å². The minimum absolute atomic E-state index is 0.0436. The third kappa shape index (κ3) is 3.54. The van der Waals surface area contributed by atoms with Crippen molar-refractivity contribution in [1.29, 1.82) is 0 Å². The van der Waals surface area contributed by atoms with Crippen molar-refractivity contribution in [2.75, 3.05) is 11.9 Å². The molecule has 1 heterocycles. The second-order valence-electron chi connectivity index (χ2n) is 10.9. The van der Waals surface area contributed by atoms with Crippen LogP contribution in [-0.2, 0) is 19.7 Å². The van der Waals surface area contributed by atoms with Crippen molar-refractivity contribution in [3.8, 4) is 0 Å². The van der Waals surface area contributed by atoms with Crippen LogP contribution in [0.4, 0.5) is 5.69 Å². The Kier molecular flexibility index (Phi) is 4.73. The van der Waals surface area contributed by atoms with Crippen molar-refractivity contribution in [2.45, 2.75) is 50.9 Å². The fraction of sp³-hybridized carbons (Fsp3) is 0.444. The summed E-state index contributed by atoms with van der Waals surface area (Å²) in [6.45, 7) is 1.79. The molecule has 0 spiro atoms. The Morgan fingerprint density at radius 2 is 1.71 bits per heavy atom. The summed E-state index contributed by atoms with van der Waals surface area (Å²) >= 11 is 0. The largest absolute Gasteiger partial charge is 0.455 e. The van der Waals surface area contributed by atoms with Gasteiger partial charge in [0, 0.05) is 5.69 Å². The number of hydrogen-bond donors (Lipinski definition) is 3.